The summed E-state index contributed by atoms with van der Waals surface area (Å²) in [6.07, 6.45) is 1.50. The molecule has 0 spiro atoms. The zero-order valence-electron chi connectivity index (χ0n) is 17.9. The van der Waals surface area contributed by atoms with Crippen LogP contribution in [0.4, 0.5) is 8.78 Å². The highest BCUT2D eigenvalue weighted by Crippen LogP contribution is 2.44. The van der Waals surface area contributed by atoms with Crippen molar-refractivity contribution in [3.8, 4) is 23.1 Å². The average molecular weight is 454 g/mol. The van der Waals surface area contributed by atoms with Gasteiger partial charge < -0.3 is 23.5 Å². The summed E-state index contributed by atoms with van der Waals surface area (Å²) in [5.41, 5.74) is 2.48. The maximum absolute atomic E-state index is 12.9. The van der Waals surface area contributed by atoms with Gasteiger partial charge in [-0.25, -0.2) is 23.7 Å². The molecular weight excluding hydrogens is 434 g/mol. The van der Waals surface area contributed by atoms with Gasteiger partial charge in [0.25, 0.3) is 6.43 Å². The fraction of sp³-hybridized carbons (Fsp3) is 0.261. The van der Waals surface area contributed by atoms with Gasteiger partial charge in [0.05, 0.1) is 27.1 Å². The minimum Gasteiger partial charge on any atom is -0.493 e. The number of fused-ring (bicyclic) bond motifs is 2. The summed E-state index contributed by atoms with van der Waals surface area (Å²) in [4.78, 5) is 12.6. The number of ether oxygens (including phenoxy) is 4. The molecule has 0 radical (unpaired) electrons. The molecule has 10 heteroatoms. The van der Waals surface area contributed by atoms with Crippen LogP contribution in [0.3, 0.4) is 0 Å². The van der Waals surface area contributed by atoms with Gasteiger partial charge in [0.1, 0.15) is 12.1 Å². The molecule has 1 aliphatic heterocycles. The van der Waals surface area contributed by atoms with Crippen molar-refractivity contribution >= 4 is 11.2 Å². The molecule has 0 saturated carbocycles. The molecule has 3 aromatic heterocycles. The fourth-order valence-electron chi connectivity index (χ4n) is 3.70. The molecule has 0 saturated heterocycles. The Morgan fingerprint density at radius 2 is 1.97 bits per heavy atom. The Morgan fingerprint density at radius 3 is 2.70 bits per heavy atom. The Hall–Kier alpha value is -3.95. The highest BCUT2D eigenvalue weighted by atomic mass is 19.3. The monoisotopic (exact) mass is 454 g/mol. The predicted octanol–water partition coefficient (Wildman–Crippen LogP) is 4.34. The van der Waals surface area contributed by atoms with Gasteiger partial charge in [0.15, 0.2) is 23.3 Å². The number of hydrogen-bond acceptors (Lipinski definition) is 7. The van der Waals surface area contributed by atoms with Crippen molar-refractivity contribution in [2.45, 2.75) is 19.1 Å². The maximum Gasteiger partial charge on any atom is 0.265 e. The molecule has 4 heterocycles. The van der Waals surface area contributed by atoms with E-state index in [-0.39, 0.29) is 11.7 Å². The number of methoxy groups -OCH3 is 2. The Labute approximate surface area is 187 Å². The number of nitrogens with zero attached hydrogens (tertiary/aromatic N) is 4. The van der Waals surface area contributed by atoms with E-state index in [4.69, 9.17) is 18.9 Å². The number of alkyl halides is 2. The van der Waals surface area contributed by atoms with Crippen LogP contribution in [0.15, 0.2) is 49.1 Å². The second-order valence-electron chi connectivity index (χ2n) is 7.46. The standard InChI is InChI=1S/C23H20F2N4O4/c1-30-17-5-13(10-29-12-28-16-7-15(22(24)25)9-27-23(16)29)6-18-21(17)33-19(11-32-18)14-3-4-20(31-2)26-8-14/h3-9,12,19,22H,10-11H2,1-2H3/t19-/m1/s1. The van der Waals surface area contributed by atoms with Crippen molar-refractivity contribution in [3.05, 3.63) is 65.7 Å². The summed E-state index contributed by atoms with van der Waals surface area (Å²) in [5, 5.41) is 0. The van der Waals surface area contributed by atoms with Crippen LogP contribution in [0.5, 0.6) is 23.1 Å². The van der Waals surface area contributed by atoms with E-state index in [0.29, 0.717) is 47.4 Å². The van der Waals surface area contributed by atoms with Crippen molar-refractivity contribution in [2.24, 2.45) is 0 Å². The molecule has 33 heavy (non-hydrogen) atoms. The lowest BCUT2D eigenvalue weighted by Gasteiger charge is -2.28. The van der Waals surface area contributed by atoms with Crippen LogP contribution in [0, 0.1) is 0 Å². The number of imidazole rings is 1. The van der Waals surface area contributed by atoms with Gasteiger partial charge >= 0.3 is 0 Å². The van der Waals surface area contributed by atoms with E-state index >= 15 is 0 Å². The molecule has 0 N–H and O–H groups in total. The molecule has 1 aromatic carbocycles. The summed E-state index contributed by atoms with van der Waals surface area (Å²) in [5.74, 6) is 2.10. The molecule has 5 rings (SSSR count). The van der Waals surface area contributed by atoms with E-state index in [0.717, 1.165) is 11.1 Å². The fourth-order valence-corrected chi connectivity index (χ4v) is 3.70. The van der Waals surface area contributed by atoms with Crippen LogP contribution in [0.2, 0.25) is 0 Å². The minimum atomic E-state index is -2.59. The third kappa shape index (κ3) is 3.99. The van der Waals surface area contributed by atoms with Gasteiger partial charge in [0.2, 0.25) is 11.6 Å². The lowest BCUT2D eigenvalue weighted by molar-refractivity contribution is 0.0867. The zero-order valence-corrected chi connectivity index (χ0v) is 17.9. The molecule has 8 nitrogen and oxygen atoms in total. The quantitative estimate of drug-likeness (QED) is 0.429. The molecule has 0 fully saturated rings. The first-order valence-corrected chi connectivity index (χ1v) is 10.1. The van der Waals surface area contributed by atoms with E-state index in [9.17, 15) is 8.78 Å². The van der Waals surface area contributed by atoms with Crippen molar-refractivity contribution < 1.29 is 27.7 Å². The number of benzene rings is 1. The Balaban J connectivity index is 1.41. The Kier molecular flexibility index (Phi) is 5.41. The highest BCUT2D eigenvalue weighted by Gasteiger charge is 2.27. The second kappa shape index (κ2) is 8.53. The van der Waals surface area contributed by atoms with E-state index in [1.54, 1.807) is 37.4 Å². The lowest BCUT2D eigenvalue weighted by atomic mass is 10.1. The zero-order chi connectivity index (χ0) is 22.9. The summed E-state index contributed by atoms with van der Waals surface area (Å²) < 4.78 is 50.5. The largest absolute Gasteiger partial charge is 0.493 e. The van der Waals surface area contributed by atoms with Crippen LogP contribution < -0.4 is 18.9 Å². The van der Waals surface area contributed by atoms with Crippen LogP contribution in [-0.4, -0.2) is 40.3 Å². The third-order valence-electron chi connectivity index (χ3n) is 5.37. The second-order valence-corrected chi connectivity index (χ2v) is 7.46. The van der Waals surface area contributed by atoms with Crippen LogP contribution in [0.1, 0.15) is 29.2 Å². The van der Waals surface area contributed by atoms with Crippen molar-refractivity contribution in [1.29, 1.82) is 0 Å². The summed E-state index contributed by atoms with van der Waals surface area (Å²) in [7, 11) is 3.12. The van der Waals surface area contributed by atoms with Crippen LogP contribution in [-0.2, 0) is 6.54 Å². The molecular formula is C23H20F2N4O4. The Bertz CT molecular complexity index is 1280. The SMILES string of the molecule is COc1ccc([C@H]2COc3cc(Cn4cnc5cc(C(F)F)cnc54)cc(OC)c3O2)cn1. The van der Waals surface area contributed by atoms with Crippen molar-refractivity contribution in [1.82, 2.24) is 19.5 Å². The number of hydrogen-bond donors (Lipinski definition) is 0. The molecule has 0 unspecified atom stereocenters. The van der Waals surface area contributed by atoms with Gasteiger partial charge in [-0.3, -0.25) is 0 Å². The van der Waals surface area contributed by atoms with Gasteiger partial charge in [-0.05, 0) is 29.8 Å². The smallest absolute Gasteiger partial charge is 0.265 e. The van der Waals surface area contributed by atoms with Crippen LogP contribution >= 0.6 is 0 Å². The van der Waals surface area contributed by atoms with E-state index in [2.05, 4.69) is 15.0 Å². The molecule has 0 amide bonds. The first-order valence-electron chi connectivity index (χ1n) is 10.1. The molecule has 0 bridgehead atoms. The maximum atomic E-state index is 12.9. The number of aromatic nitrogens is 4. The van der Waals surface area contributed by atoms with Gasteiger partial charge in [-0.15, -0.1) is 0 Å². The van der Waals surface area contributed by atoms with Gasteiger partial charge in [-0.2, -0.15) is 0 Å². The first kappa shape index (κ1) is 20.9. The third-order valence-corrected chi connectivity index (χ3v) is 5.37. The lowest BCUT2D eigenvalue weighted by Crippen LogP contribution is -2.22. The summed E-state index contributed by atoms with van der Waals surface area (Å²) in [6.45, 7) is 0.704. The van der Waals surface area contributed by atoms with Crippen molar-refractivity contribution in [2.75, 3.05) is 20.8 Å². The van der Waals surface area contributed by atoms with Crippen LogP contribution in [0.25, 0.3) is 11.2 Å². The first-order chi connectivity index (χ1) is 16.1. The number of rotatable bonds is 6. The van der Waals surface area contributed by atoms with Crippen molar-refractivity contribution in [3.63, 3.8) is 0 Å². The average Bonchev–Trinajstić information content (AvgIpc) is 3.25. The normalized spacial score (nSPS) is 15.1. The van der Waals surface area contributed by atoms with E-state index < -0.39 is 6.43 Å². The Morgan fingerprint density at radius 1 is 1.09 bits per heavy atom. The molecule has 1 aliphatic rings. The van der Waals surface area contributed by atoms with Gasteiger partial charge in [-0.1, -0.05) is 0 Å². The number of pyridine rings is 2. The molecule has 1 atom stereocenters. The highest BCUT2D eigenvalue weighted by molar-refractivity contribution is 5.71. The topological polar surface area (TPSA) is 80.5 Å². The minimum absolute atomic E-state index is 0.157. The molecule has 4 aromatic rings. The summed E-state index contributed by atoms with van der Waals surface area (Å²) >= 11 is 0. The van der Waals surface area contributed by atoms with E-state index in [1.807, 2.05) is 18.2 Å². The molecule has 0 aliphatic carbocycles. The predicted molar refractivity (Wildman–Crippen MR) is 114 cm³/mol. The summed E-state index contributed by atoms with van der Waals surface area (Å²) in [6, 6.07) is 8.70. The van der Waals surface area contributed by atoms with Gasteiger partial charge in [0, 0.05) is 29.6 Å². The molecule has 170 valence electrons. The number of halogens is 2. The van der Waals surface area contributed by atoms with E-state index in [1.165, 1.54) is 12.3 Å².